The fourth-order valence-corrected chi connectivity index (χ4v) is 2.69. The van der Waals surface area contributed by atoms with Crippen molar-refractivity contribution in [2.45, 2.75) is 20.3 Å². The number of rotatable bonds is 10. The third-order valence-electron chi connectivity index (χ3n) is 4.25. The Kier molecular flexibility index (Phi) is 8.49. The largest absolute Gasteiger partial charge is 0.496 e. The molecule has 0 spiro atoms. The molecule has 2 rings (SSSR count). The van der Waals surface area contributed by atoms with Crippen molar-refractivity contribution in [3.05, 3.63) is 70.8 Å². The molecule has 0 heterocycles. The molecule has 2 aromatic rings. The molecule has 0 fully saturated rings. The average Bonchev–Trinajstić information content (AvgIpc) is 2.74. The molecule has 0 aliphatic rings. The van der Waals surface area contributed by atoms with Gasteiger partial charge in [-0.2, -0.15) is 0 Å². The van der Waals surface area contributed by atoms with Gasteiger partial charge in [-0.25, -0.2) is 0 Å². The summed E-state index contributed by atoms with van der Waals surface area (Å²) in [6, 6.07) is 11.0. The van der Waals surface area contributed by atoms with E-state index in [2.05, 4.69) is 6.08 Å². The Morgan fingerprint density at radius 1 is 0.966 bits per heavy atom. The van der Waals surface area contributed by atoms with Gasteiger partial charge in [0.2, 0.25) is 0 Å². The van der Waals surface area contributed by atoms with Crippen LogP contribution in [0, 0.1) is 0 Å². The van der Waals surface area contributed by atoms with E-state index in [-0.39, 0.29) is 12.6 Å². The molecule has 0 radical (unpaired) electrons. The zero-order valence-electron chi connectivity index (χ0n) is 17.7. The van der Waals surface area contributed by atoms with Crippen LogP contribution in [0.1, 0.15) is 35.3 Å². The van der Waals surface area contributed by atoms with E-state index < -0.39 is 0 Å². The highest BCUT2D eigenvalue weighted by Gasteiger charge is 2.15. The van der Waals surface area contributed by atoms with E-state index in [9.17, 15) is 4.79 Å². The van der Waals surface area contributed by atoms with E-state index in [0.29, 0.717) is 29.2 Å². The van der Waals surface area contributed by atoms with Gasteiger partial charge in [-0.05, 0) is 55.7 Å². The first-order valence-electron chi connectivity index (χ1n) is 9.31. The fraction of sp³-hybridized carbons (Fsp3) is 0.292. The van der Waals surface area contributed by atoms with E-state index in [0.717, 1.165) is 11.1 Å². The van der Waals surface area contributed by atoms with Gasteiger partial charge in [-0.15, -0.1) is 0 Å². The van der Waals surface area contributed by atoms with Crippen LogP contribution in [0.15, 0.2) is 54.1 Å². The highest BCUT2D eigenvalue weighted by atomic mass is 16.7. The van der Waals surface area contributed by atoms with Gasteiger partial charge in [0.15, 0.2) is 12.6 Å². The summed E-state index contributed by atoms with van der Waals surface area (Å²) in [6.45, 7) is 4.27. The zero-order valence-corrected chi connectivity index (χ0v) is 17.7. The molecule has 5 heteroatoms. The first kappa shape index (κ1) is 22.2. The third-order valence-corrected chi connectivity index (χ3v) is 4.25. The van der Waals surface area contributed by atoms with Crippen molar-refractivity contribution in [2.24, 2.45) is 0 Å². The summed E-state index contributed by atoms with van der Waals surface area (Å²) in [5, 5.41) is 0. The zero-order chi connectivity index (χ0) is 21.2. The summed E-state index contributed by atoms with van der Waals surface area (Å²) in [5.74, 6) is 1.76. The molecule has 0 saturated carbocycles. The minimum absolute atomic E-state index is 0.136. The number of carbonyl (C=O) groups excluding carboxylic acids is 1. The molecule has 29 heavy (non-hydrogen) atoms. The van der Waals surface area contributed by atoms with Crippen LogP contribution in [0.4, 0.5) is 0 Å². The number of hydrogen-bond acceptors (Lipinski definition) is 5. The quantitative estimate of drug-likeness (QED) is 0.242. The van der Waals surface area contributed by atoms with Crippen molar-refractivity contribution in [2.75, 3.05) is 28.1 Å². The van der Waals surface area contributed by atoms with E-state index in [1.807, 2.05) is 44.2 Å². The molecule has 0 unspecified atom stereocenters. The van der Waals surface area contributed by atoms with Gasteiger partial charge in [-0.1, -0.05) is 29.9 Å². The van der Waals surface area contributed by atoms with Gasteiger partial charge in [0.25, 0.3) is 0 Å². The van der Waals surface area contributed by atoms with Gasteiger partial charge in [0, 0.05) is 13.2 Å². The van der Waals surface area contributed by atoms with E-state index in [4.69, 9.17) is 18.9 Å². The third kappa shape index (κ3) is 6.50. The maximum Gasteiger partial charge on any atom is 0.189 e. The molecule has 0 N–H and O–H groups in total. The van der Waals surface area contributed by atoms with Gasteiger partial charge in [0.1, 0.15) is 17.2 Å². The minimum Gasteiger partial charge on any atom is -0.496 e. The fourth-order valence-electron chi connectivity index (χ4n) is 2.69. The van der Waals surface area contributed by atoms with Crippen LogP contribution in [0.25, 0.3) is 6.08 Å². The summed E-state index contributed by atoms with van der Waals surface area (Å²) in [4.78, 5) is 12.8. The molecular formula is C24H28O5. The highest BCUT2D eigenvalue weighted by Crippen LogP contribution is 2.30. The Hall–Kier alpha value is -3.05. The number of allylic oxidation sites excluding steroid dienone is 3. The lowest BCUT2D eigenvalue weighted by Crippen LogP contribution is -2.03. The van der Waals surface area contributed by atoms with Gasteiger partial charge in [-0.3, -0.25) is 4.79 Å². The predicted octanol–water partition coefficient (Wildman–Crippen LogP) is 5.09. The monoisotopic (exact) mass is 396 g/mol. The highest BCUT2D eigenvalue weighted by molar-refractivity contribution is 6.09. The van der Waals surface area contributed by atoms with Gasteiger partial charge >= 0.3 is 0 Å². The SMILES string of the molecule is COCOc1ccc(/C=C/C(=O)c2cc(CC=C(C)C)c(OC)cc2OC)cc1. The average molecular weight is 396 g/mol. The molecule has 0 aliphatic heterocycles. The van der Waals surface area contributed by atoms with Crippen LogP contribution in [0.5, 0.6) is 17.2 Å². The molecule has 0 aromatic heterocycles. The normalized spacial score (nSPS) is 10.7. The molecular weight excluding hydrogens is 368 g/mol. The summed E-state index contributed by atoms with van der Waals surface area (Å²) in [6.07, 6.45) is 6.09. The van der Waals surface area contributed by atoms with Crippen LogP contribution in [-0.2, 0) is 11.2 Å². The molecule has 0 amide bonds. The smallest absolute Gasteiger partial charge is 0.189 e. The van der Waals surface area contributed by atoms with Crippen molar-refractivity contribution < 1.29 is 23.7 Å². The summed E-state index contributed by atoms with van der Waals surface area (Å²) in [7, 11) is 4.73. The lowest BCUT2D eigenvalue weighted by Gasteiger charge is -2.13. The number of carbonyl (C=O) groups is 1. The van der Waals surface area contributed by atoms with Gasteiger partial charge in [0.05, 0.1) is 19.8 Å². The Labute approximate surface area is 172 Å². The number of ether oxygens (including phenoxy) is 4. The number of ketones is 1. The maximum atomic E-state index is 12.8. The van der Waals surface area contributed by atoms with Crippen molar-refractivity contribution in [1.82, 2.24) is 0 Å². The molecule has 0 atom stereocenters. The molecule has 154 valence electrons. The molecule has 0 aliphatic carbocycles. The van der Waals surface area contributed by atoms with Crippen LogP contribution >= 0.6 is 0 Å². The Morgan fingerprint density at radius 3 is 2.24 bits per heavy atom. The molecule has 0 bridgehead atoms. The number of benzene rings is 2. The molecule has 2 aromatic carbocycles. The number of hydrogen-bond donors (Lipinski definition) is 0. The van der Waals surface area contributed by atoms with Crippen LogP contribution < -0.4 is 14.2 Å². The molecule has 5 nitrogen and oxygen atoms in total. The predicted molar refractivity (Wildman–Crippen MR) is 115 cm³/mol. The molecule has 0 saturated heterocycles. The Balaban J connectivity index is 2.25. The van der Waals surface area contributed by atoms with Crippen molar-refractivity contribution in [1.29, 1.82) is 0 Å². The first-order chi connectivity index (χ1) is 14.0. The first-order valence-corrected chi connectivity index (χ1v) is 9.31. The number of methoxy groups -OCH3 is 3. The summed E-state index contributed by atoms with van der Waals surface area (Å²) < 4.78 is 21.1. The van der Waals surface area contributed by atoms with Crippen molar-refractivity contribution >= 4 is 11.9 Å². The topological polar surface area (TPSA) is 54.0 Å². The lowest BCUT2D eigenvalue weighted by molar-refractivity contribution is 0.0511. The van der Waals surface area contributed by atoms with Crippen molar-refractivity contribution in [3.63, 3.8) is 0 Å². The van der Waals surface area contributed by atoms with E-state index >= 15 is 0 Å². The minimum atomic E-state index is -0.136. The summed E-state index contributed by atoms with van der Waals surface area (Å²) in [5.41, 5.74) is 3.53. The maximum absolute atomic E-state index is 12.8. The second kappa shape index (κ2) is 11.1. The second-order valence-corrected chi connectivity index (χ2v) is 6.67. The second-order valence-electron chi connectivity index (χ2n) is 6.67. The van der Waals surface area contributed by atoms with E-state index in [1.54, 1.807) is 39.5 Å². The van der Waals surface area contributed by atoms with Crippen LogP contribution in [-0.4, -0.2) is 33.9 Å². The van der Waals surface area contributed by atoms with Crippen molar-refractivity contribution in [3.8, 4) is 17.2 Å². The van der Waals surface area contributed by atoms with E-state index in [1.165, 1.54) is 5.57 Å². The van der Waals surface area contributed by atoms with Crippen LogP contribution in [0.2, 0.25) is 0 Å². The van der Waals surface area contributed by atoms with Gasteiger partial charge < -0.3 is 18.9 Å². The summed E-state index contributed by atoms with van der Waals surface area (Å²) >= 11 is 0. The Bertz CT molecular complexity index is 875. The standard InChI is InChI=1S/C24H28O5/c1-17(2)6-10-19-14-21(24(28-5)15-23(19)27-4)22(25)13-9-18-7-11-20(12-8-18)29-16-26-3/h6-9,11-15H,10,16H2,1-5H3/b13-9+. The Morgan fingerprint density at radius 2 is 1.66 bits per heavy atom. The van der Waals surface area contributed by atoms with Crippen LogP contribution in [0.3, 0.4) is 0 Å². The lowest BCUT2D eigenvalue weighted by atomic mass is 10.0.